The minimum Gasteiger partial charge on any atom is -0.493 e. The van der Waals surface area contributed by atoms with Gasteiger partial charge in [0, 0.05) is 12.0 Å². The van der Waals surface area contributed by atoms with E-state index in [9.17, 15) is 0 Å². The van der Waals surface area contributed by atoms with Crippen LogP contribution in [0.25, 0.3) is 0 Å². The Bertz CT molecular complexity index is 644. The zero-order valence-electron chi connectivity index (χ0n) is 11.6. The predicted octanol–water partition coefficient (Wildman–Crippen LogP) is 4.11. The lowest BCUT2D eigenvalue weighted by Crippen LogP contribution is -2.39. The first-order valence-corrected chi connectivity index (χ1v) is 7.80. The van der Waals surface area contributed by atoms with Crippen molar-refractivity contribution in [2.24, 2.45) is 11.7 Å². The summed E-state index contributed by atoms with van der Waals surface area (Å²) in [6.45, 7) is 0.649. The van der Waals surface area contributed by atoms with E-state index in [0.29, 0.717) is 23.1 Å². The number of para-hydroxylation sites is 1. The lowest BCUT2D eigenvalue weighted by molar-refractivity contribution is 0.199. The van der Waals surface area contributed by atoms with Gasteiger partial charge in [-0.25, -0.2) is 0 Å². The van der Waals surface area contributed by atoms with Crippen LogP contribution in [-0.2, 0) is 12.8 Å². The molecule has 0 aliphatic carbocycles. The van der Waals surface area contributed by atoms with E-state index in [0.717, 1.165) is 17.7 Å². The second-order valence-electron chi connectivity index (χ2n) is 5.46. The number of halogens is 2. The third-order valence-electron chi connectivity index (χ3n) is 4.00. The van der Waals surface area contributed by atoms with Crippen LogP contribution in [0.5, 0.6) is 5.75 Å². The van der Waals surface area contributed by atoms with Crippen LogP contribution >= 0.6 is 23.2 Å². The van der Waals surface area contributed by atoms with Gasteiger partial charge in [-0.15, -0.1) is 0 Å². The average molecular weight is 322 g/mol. The zero-order chi connectivity index (χ0) is 14.8. The molecule has 1 heterocycles. The molecule has 2 aromatic rings. The molecule has 0 saturated carbocycles. The molecule has 110 valence electrons. The molecule has 21 heavy (non-hydrogen) atoms. The quantitative estimate of drug-likeness (QED) is 0.923. The first-order chi connectivity index (χ1) is 10.1. The first kappa shape index (κ1) is 14.7. The zero-order valence-corrected chi connectivity index (χ0v) is 13.1. The highest BCUT2D eigenvalue weighted by atomic mass is 35.5. The number of rotatable bonds is 3. The molecule has 2 nitrogen and oxygen atoms in total. The van der Waals surface area contributed by atoms with Crippen LogP contribution in [-0.4, -0.2) is 12.6 Å². The van der Waals surface area contributed by atoms with Gasteiger partial charge in [0.15, 0.2) is 0 Å². The van der Waals surface area contributed by atoms with E-state index in [-0.39, 0.29) is 12.0 Å². The molecule has 2 aromatic carbocycles. The van der Waals surface area contributed by atoms with Crippen LogP contribution in [0.3, 0.4) is 0 Å². The molecular weight excluding hydrogens is 305 g/mol. The Morgan fingerprint density at radius 3 is 2.81 bits per heavy atom. The SMILES string of the molecule is NC(Cc1cccc(Cl)c1Cl)C1COc2ccccc2C1. The molecule has 1 aliphatic heterocycles. The predicted molar refractivity (Wildman–Crippen MR) is 87.3 cm³/mol. The van der Waals surface area contributed by atoms with E-state index in [4.69, 9.17) is 33.7 Å². The maximum atomic E-state index is 6.37. The van der Waals surface area contributed by atoms with Gasteiger partial charge in [0.05, 0.1) is 16.7 Å². The molecule has 0 radical (unpaired) electrons. The van der Waals surface area contributed by atoms with Crippen LogP contribution < -0.4 is 10.5 Å². The van der Waals surface area contributed by atoms with Gasteiger partial charge in [-0.2, -0.15) is 0 Å². The number of benzene rings is 2. The molecule has 0 saturated heterocycles. The third-order valence-corrected chi connectivity index (χ3v) is 4.86. The molecule has 0 amide bonds. The standard InChI is InChI=1S/C17H17Cl2NO/c18-14-6-3-5-12(17(14)19)9-15(20)13-8-11-4-1-2-7-16(11)21-10-13/h1-7,13,15H,8-10,20H2. The monoisotopic (exact) mass is 321 g/mol. The number of hydrogen-bond donors (Lipinski definition) is 1. The van der Waals surface area contributed by atoms with E-state index in [2.05, 4.69) is 6.07 Å². The van der Waals surface area contributed by atoms with Crippen molar-refractivity contribution >= 4 is 23.2 Å². The Labute approximate surface area is 134 Å². The van der Waals surface area contributed by atoms with E-state index in [1.165, 1.54) is 5.56 Å². The van der Waals surface area contributed by atoms with Gasteiger partial charge in [0.2, 0.25) is 0 Å². The molecule has 0 spiro atoms. The van der Waals surface area contributed by atoms with Gasteiger partial charge in [0.1, 0.15) is 5.75 Å². The van der Waals surface area contributed by atoms with Gasteiger partial charge in [-0.1, -0.05) is 53.5 Å². The highest BCUT2D eigenvalue weighted by Gasteiger charge is 2.25. The molecular formula is C17H17Cl2NO. The number of nitrogens with two attached hydrogens (primary N) is 1. The summed E-state index contributed by atoms with van der Waals surface area (Å²) in [7, 11) is 0. The fourth-order valence-electron chi connectivity index (χ4n) is 2.75. The molecule has 2 N–H and O–H groups in total. The van der Waals surface area contributed by atoms with Gasteiger partial charge in [0.25, 0.3) is 0 Å². The van der Waals surface area contributed by atoms with Crippen molar-refractivity contribution in [1.82, 2.24) is 0 Å². The molecule has 0 bridgehead atoms. The Morgan fingerprint density at radius 2 is 1.95 bits per heavy atom. The van der Waals surface area contributed by atoms with Crippen molar-refractivity contribution in [2.45, 2.75) is 18.9 Å². The Hall–Kier alpha value is -1.22. The largest absolute Gasteiger partial charge is 0.493 e. The molecule has 4 heteroatoms. The normalized spacial score (nSPS) is 18.7. The van der Waals surface area contributed by atoms with Crippen LogP contribution in [0.4, 0.5) is 0 Å². The lowest BCUT2D eigenvalue weighted by Gasteiger charge is -2.29. The second-order valence-corrected chi connectivity index (χ2v) is 6.25. The molecule has 3 rings (SSSR count). The third kappa shape index (κ3) is 3.18. The Morgan fingerprint density at radius 1 is 1.14 bits per heavy atom. The maximum Gasteiger partial charge on any atom is 0.122 e. The van der Waals surface area contributed by atoms with Crippen molar-refractivity contribution in [3.05, 3.63) is 63.6 Å². The second kappa shape index (κ2) is 6.27. The smallest absolute Gasteiger partial charge is 0.122 e. The van der Waals surface area contributed by atoms with Gasteiger partial charge in [-0.05, 0) is 36.1 Å². The summed E-state index contributed by atoms with van der Waals surface area (Å²) < 4.78 is 5.81. The van der Waals surface area contributed by atoms with Crippen molar-refractivity contribution in [3.8, 4) is 5.75 Å². The molecule has 0 aromatic heterocycles. The molecule has 0 fully saturated rings. The maximum absolute atomic E-state index is 6.37. The van der Waals surface area contributed by atoms with E-state index >= 15 is 0 Å². The Balaban J connectivity index is 1.72. The summed E-state index contributed by atoms with van der Waals surface area (Å²) in [4.78, 5) is 0. The Kier molecular flexibility index (Phi) is 4.39. The summed E-state index contributed by atoms with van der Waals surface area (Å²) in [5.41, 5.74) is 8.59. The summed E-state index contributed by atoms with van der Waals surface area (Å²) in [6, 6.07) is 13.8. The average Bonchev–Trinajstić information content (AvgIpc) is 2.51. The molecule has 1 aliphatic rings. The van der Waals surface area contributed by atoms with Gasteiger partial charge in [-0.3, -0.25) is 0 Å². The lowest BCUT2D eigenvalue weighted by atomic mass is 9.87. The van der Waals surface area contributed by atoms with Crippen molar-refractivity contribution in [3.63, 3.8) is 0 Å². The highest BCUT2D eigenvalue weighted by molar-refractivity contribution is 6.42. The fraction of sp³-hybridized carbons (Fsp3) is 0.294. The van der Waals surface area contributed by atoms with E-state index in [1.807, 2.05) is 30.3 Å². The van der Waals surface area contributed by atoms with Crippen molar-refractivity contribution in [2.75, 3.05) is 6.61 Å². The van der Waals surface area contributed by atoms with Crippen LogP contribution in [0.1, 0.15) is 11.1 Å². The fourth-order valence-corrected chi connectivity index (χ4v) is 3.15. The summed E-state index contributed by atoms with van der Waals surface area (Å²) in [5, 5.41) is 1.18. The summed E-state index contributed by atoms with van der Waals surface area (Å²) in [5.74, 6) is 1.26. The van der Waals surface area contributed by atoms with Crippen LogP contribution in [0.15, 0.2) is 42.5 Å². The number of fused-ring (bicyclic) bond motifs is 1. The van der Waals surface area contributed by atoms with Crippen LogP contribution in [0, 0.1) is 5.92 Å². The summed E-state index contributed by atoms with van der Waals surface area (Å²) in [6.07, 6.45) is 1.64. The highest BCUT2D eigenvalue weighted by Crippen LogP contribution is 2.31. The summed E-state index contributed by atoms with van der Waals surface area (Å²) >= 11 is 12.3. The number of ether oxygens (including phenoxy) is 1. The number of hydrogen-bond acceptors (Lipinski definition) is 2. The molecule has 2 atom stereocenters. The molecule has 2 unspecified atom stereocenters. The van der Waals surface area contributed by atoms with E-state index < -0.39 is 0 Å². The van der Waals surface area contributed by atoms with Gasteiger partial charge >= 0.3 is 0 Å². The minimum atomic E-state index is -0.00526. The minimum absolute atomic E-state index is 0.00526. The topological polar surface area (TPSA) is 35.2 Å². The van der Waals surface area contributed by atoms with Crippen LogP contribution in [0.2, 0.25) is 10.0 Å². The first-order valence-electron chi connectivity index (χ1n) is 7.04. The van der Waals surface area contributed by atoms with Crippen molar-refractivity contribution < 1.29 is 4.74 Å². The van der Waals surface area contributed by atoms with Gasteiger partial charge < -0.3 is 10.5 Å². The van der Waals surface area contributed by atoms with E-state index in [1.54, 1.807) is 6.07 Å². The van der Waals surface area contributed by atoms with Crippen molar-refractivity contribution in [1.29, 1.82) is 0 Å².